The van der Waals surface area contributed by atoms with E-state index in [0.717, 1.165) is 4.47 Å². The lowest BCUT2D eigenvalue weighted by molar-refractivity contribution is 0.0691. The van der Waals surface area contributed by atoms with Gasteiger partial charge in [0.2, 0.25) is 0 Å². The highest BCUT2D eigenvalue weighted by Crippen LogP contribution is 2.29. The largest absolute Gasteiger partial charge is 0.476 e. The van der Waals surface area contributed by atoms with Gasteiger partial charge in [-0.3, -0.25) is 0 Å². The minimum absolute atomic E-state index is 0.0172. The number of aromatic carboxylic acids is 1. The molecule has 0 unspecified atom stereocenters. The number of halogens is 2. The fourth-order valence-corrected chi connectivity index (χ4v) is 2.36. The van der Waals surface area contributed by atoms with Crippen LogP contribution in [0.2, 0.25) is 5.02 Å². The van der Waals surface area contributed by atoms with Gasteiger partial charge in [-0.1, -0.05) is 27.5 Å². The van der Waals surface area contributed by atoms with Gasteiger partial charge in [0.1, 0.15) is 0 Å². The van der Waals surface area contributed by atoms with Gasteiger partial charge in [-0.05, 0) is 18.2 Å². The smallest absolute Gasteiger partial charge is 0.355 e. The number of carboxylic acid groups (broad SMARTS) is 1. The number of thiazole rings is 1. The van der Waals surface area contributed by atoms with Crippen molar-refractivity contribution in [3.63, 3.8) is 0 Å². The Morgan fingerprint density at radius 1 is 1.53 bits per heavy atom. The Kier molecular flexibility index (Phi) is 3.66. The highest BCUT2D eigenvalue weighted by atomic mass is 79.9. The third-order valence-electron chi connectivity index (χ3n) is 1.89. The van der Waals surface area contributed by atoms with Gasteiger partial charge in [-0.15, -0.1) is 11.3 Å². The molecule has 2 aromatic rings. The van der Waals surface area contributed by atoms with Crippen LogP contribution in [-0.2, 0) is 0 Å². The van der Waals surface area contributed by atoms with Gasteiger partial charge in [-0.25, -0.2) is 9.78 Å². The van der Waals surface area contributed by atoms with Crippen molar-refractivity contribution < 1.29 is 9.90 Å². The van der Waals surface area contributed by atoms with Crippen LogP contribution in [0.3, 0.4) is 0 Å². The molecular weight excluding hydrogens is 328 g/mol. The van der Waals surface area contributed by atoms with E-state index in [9.17, 15) is 4.79 Å². The molecule has 4 nitrogen and oxygen atoms in total. The van der Waals surface area contributed by atoms with E-state index < -0.39 is 5.97 Å². The molecule has 0 fully saturated rings. The molecule has 0 bridgehead atoms. The Morgan fingerprint density at radius 2 is 2.29 bits per heavy atom. The second kappa shape index (κ2) is 5.03. The lowest BCUT2D eigenvalue weighted by Crippen LogP contribution is -1.97. The molecular formula is C10H6BrClN2O2S. The van der Waals surface area contributed by atoms with Crippen molar-refractivity contribution in [2.24, 2.45) is 0 Å². The molecule has 0 radical (unpaired) electrons. The zero-order valence-electron chi connectivity index (χ0n) is 8.28. The Hall–Kier alpha value is -1.11. The topological polar surface area (TPSA) is 62.2 Å². The zero-order chi connectivity index (χ0) is 12.4. The monoisotopic (exact) mass is 332 g/mol. The van der Waals surface area contributed by atoms with Gasteiger partial charge in [0.25, 0.3) is 0 Å². The van der Waals surface area contributed by atoms with E-state index >= 15 is 0 Å². The highest BCUT2D eigenvalue weighted by molar-refractivity contribution is 9.10. The first-order valence-electron chi connectivity index (χ1n) is 4.47. The molecule has 0 saturated heterocycles. The van der Waals surface area contributed by atoms with Crippen molar-refractivity contribution in [1.82, 2.24) is 4.98 Å². The summed E-state index contributed by atoms with van der Waals surface area (Å²) in [5, 5.41) is 14.2. The fraction of sp³-hybridized carbons (Fsp3) is 0. The van der Waals surface area contributed by atoms with E-state index in [-0.39, 0.29) is 5.69 Å². The number of carbonyl (C=O) groups is 1. The number of anilines is 2. The van der Waals surface area contributed by atoms with E-state index in [1.165, 1.54) is 16.7 Å². The molecule has 7 heteroatoms. The average Bonchev–Trinajstić information content (AvgIpc) is 2.72. The van der Waals surface area contributed by atoms with Crippen LogP contribution >= 0.6 is 38.9 Å². The lowest BCUT2D eigenvalue weighted by Gasteiger charge is -2.05. The van der Waals surface area contributed by atoms with Crippen LogP contribution in [0.15, 0.2) is 28.1 Å². The van der Waals surface area contributed by atoms with Crippen molar-refractivity contribution in [2.45, 2.75) is 0 Å². The number of nitrogens with one attached hydrogen (secondary N) is 1. The lowest BCUT2D eigenvalue weighted by atomic mass is 10.3. The normalized spacial score (nSPS) is 10.2. The Bertz CT molecular complexity index is 573. The number of rotatable bonds is 3. The first-order valence-corrected chi connectivity index (χ1v) is 6.52. The predicted octanol–water partition coefficient (Wildman–Crippen LogP) is 4.00. The van der Waals surface area contributed by atoms with Crippen LogP contribution in [0.25, 0.3) is 0 Å². The number of nitrogens with zero attached hydrogens (tertiary/aromatic N) is 1. The van der Waals surface area contributed by atoms with Crippen molar-refractivity contribution in [1.29, 1.82) is 0 Å². The highest BCUT2D eigenvalue weighted by Gasteiger charge is 2.09. The van der Waals surface area contributed by atoms with Gasteiger partial charge < -0.3 is 10.4 Å². The molecule has 1 heterocycles. The average molecular weight is 334 g/mol. The summed E-state index contributed by atoms with van der Waals surface area (Å²) >= 11 is 10.5. The molecule has 0 aliphatic carbocycles. The van der Waals surface area contributed by atoms with Gasteiger partial charge >= 0.3 is 5.97 Å². The van der Waals surface area contributed by atoms with Crippen LogP contribution in [0, 0.1) is 0 Å². The quantitative estimate of drug-likeness (QED) is 0.891. The summed E-state index contributed by atoms with van der Waals surface area (Å²) in [7, 11) is 0. The summed E-state index contributed by atoms with van der Waals surface area (Å²) in [6.45, 7) is 0. The molecule has 0 aliphatic heterocycles. The number of hydrogen-bond acceptors (Lipinski definition) is 4. The number of aromatic nitrogens is 1. The number of hydrogen-bond donors (Lipinski definition) is 2. The summed E-state index contributed by atoms with van der Waals surface area (Å²) < 4.78 is 0.874. The summed E-state index contributed by atoms with van der Waals surface area (Å²) in [5.74, 6) is -1.05. The summed E-state index contributed by atoms with van der Waals surface area (Å²) in [6.07, 6.45) is 0. The third-order valence-corrected chi connectivity index (χ3v) is 3.47. The summed E-state index contributed by atoms with van der Waals surface area (Å²) in [6, 6.07) is 5.35. The molecule has 88 valence electrons. The van der Waals surface area contributed by atoms with E-state index in [4.69, 9.17) is 16.7 Å². The maximum absolute atomic E-state index is 10.7. The van der Waals surface area contributed by atoms with E-state index in [0.29, 0.717) is 15.8 Å². The predicted molar refractivity (Wildman–Crippen MR) is 71.5 cm³/mol. The third kappa shape index (κ3) is 2.96. The second-order valence-electron chi connectivity index (χ2n) is 3.09. The number of benzene rings is 1. The Morgan fingerprint density at radius 3 is 2.94 bits per heavy atom. The molecule has 0 aliphatic rings. The zero-order valence-corrected chi connectivity index (χ0v) is 11.4. The van der Waals surface area contributed by atoms with Crippen LogP contribution in [-0.4, -0.2) is 16.1 Å². The van der Waals surface area contributed by atoms with E-state index in [1.54, 1.807) is 12.1 Å². The molecule has 1 aromatic heterocycles. The van der Waals surface area contributed by atoms with Crippen molar-refractivity contribution >= 4 is 55.7 Å². The van der Waals surface area contributed by atoms with Crippen LogP contribution in [0.4, 0.5) is 10.8 Å². The molecule has 0 amide bonds. The maximum atomic E-state index is 10.7. The summed E-state index contributed by atoms with van der Waals surface area (Å²) in [4.78, 5) is 14.6. The van der Waals surface area contributed by atoms with Crippen molar-refractivity contribution in [2.75, 3.05) is 5.32 Å². The molecule has 1 aromatic carbocycles. The van der Waals surface area contributed by atoms with Crippen molar-refractivity contribution in [3.8, 4) is 0 Å². The minimum Gasteiger partial charge on any atom is -0.476 e. The second-order valence-corrected chi connectivity index (χ2v) is 5.27. The standard InChI is InChI=1S/C10H6BrClN2O2S/c11-5-1-2-6(12)7(3-5)13-10-14-8(4-17-10)9(15)16/h1-4H,(H,13,14)(H,15,16). The minimum atomic E-state index is -1.05. The molecule has 2 N–H and O–H groups in total. The first-order chi connectivity index (χ1) is 8.06. The number of carboxylic acids is 1. The van der Waals surface area contributed by atoms with E-state index in [1.807, 2.05) is 6.07 Å². The van der Waals surface area contributed by atoms with Crippen molar-refractivity contribution in [3.05, 3.63) is 38.8 Å². The Balaban J connectivity index is 2.25. The van der Waals surface area contributed by atoms with Crippen LogP contribution < -0.4 is 5.32 Å². The van der Waals surface area contributed by atoms with E-state index in [2.05, 4.69) is 26.2 Å². The van der Waals surface area contributed by atoms with Gasteiger partial charge in [0.05, 0.1) is 10.7 Å². The molecule has 0 atom stereocenters. The van der Waals surface area contributed by atoms with Gasteiger partial charge in [0.15, 0.2) is 10.8 Å². The molecule has 0 saturated carbocycles. The van der Waals surface area contributed by atoms with Crippen LogP contribution in [0.1, 0.15) is 10.5 Å². The first kappa shape index (κ1) is 12.3. The van der Waals surface area contributed by atoms with Crippen LogP contribution in [0.5, 0.6) is 0 Å². The maximum Gasteiger partial charge on any atom is 0.355 e. The van der Waals surface area contributed by atoms with Gasteiger partial charge in [-0.2, -0.15) is 0 Å². The molecule has 17 heavy (non-hydrogen) atoms. The SMILES string of the molecule is O=C(O)c1csc(Nc2cc(Br)ccc2Cl)n1. The summed E-state index contributed by atoms with van der Waals surface area (Å²) in [5.41, 5.74) is 0.691. The van der Waals surface area contributed by atoms with Gasteiger partial charge in [0, 0.05) is 9.85 Å². The fourth-order valence-electron chi connectivity index (χ4n) is 1.14. The molecule has 2 rings (SSSR count). The Labute approximate surface area is 114 Å². The molecule has 0 spiro atoms.